The summed E-state index contributed by atoms with van der Waals surface area (Å²) in [6.07, 6.45) is 4.81. The molecule has 0 rings (SSSR count). The van der Waals surface area contributed by atoms with Gasteiger partial charge in [-0.1, -0.05) is 18.6 Å². The molecule has 0 fully saturated rings. The molecular weight excluding hydrogens is 136 g/mol. The second-order valence-corrected chi connectivity index (χ2v) is 2.97. The molecule has 11 heavy (non-hydrogen) atoms. The quantitative estimate of drug-likeness (QED) is 0.443. The number of allylic oxidation sites excluding steroid dienone is 2. The van der Waals surface area contributed by atoms with E-state index in [1.165, 1.54) is 0 Å². The van der Waals surface area contributed by atoms with Crippen LogP contribution in [0.1, 0.15) is 44.1 Å². The molecular formula is C10H18O. The molecule has 0 aromatic heterocycles. The van der Waals surface area contributed by atoms with Gasteiger partial charge in [-0.3, -0.25) is 0 Å². The van der Waals surface area contributed by atoms with Gasteiger partial charge in [0.05, 0.1) is 0 Å². The fourth-order valence-electron chi connectivity index (χ4n) is 0.866. The first kappa shape index (κ1) is 5.99. The zero-order valence-corrected chi connectivity index (χ0v) is 7.26. The third kappa shape index (κ3) is 7.31. The van der Waals surface area contributed by atoms with Crippen molar-refractivity contribution in [1.29, 1.82) is 0 Å². The first-order valence-corrected chi connectivity index (χ1v) is 3.98. The fraction of sp³-hybridized carbons (Fsp3) is 0.700. The predicted octanol–water partition coefficient (Wildman–Crippen LogP) is 2.96. The first-order valence-electron chi connectivity index (χ1n) is 5.48. The van der Waals surface area contributed by atoms with Gasteiger partial charge in [0.1, 0.15) is 6.29 Å². The smallest absolute Gasteiger partial charge is 0.120 e. The predicted molar refractivity (Wildman–Crippen MR) is 48.5 cm³/mol. The highest BCUT2D eigenvalue weighted by Gasteiger charge is 1.98. The molecule has 0 aromatic carbocycles. The van der Waals surface area contributed by atoms with Gasteiger partial charge >= 0.3 is 0 Å². The largest absolute Gasteiger partial charge is 0.303 e. The van der Waals surface area contributed by atoms with Crippen LogP contribution in [0.2, 0.25) is 0 Å². The average molecular weight is 157 g/mol. The lowest BCUT2D eigenvalue weighted by atomic mass is 10.0. The van der Waals surface area contributed by atoms with E-state index in [2.05, 4.69) is 0 Å². The Morgan fingerprint density at radius 2 is 2.45 bits per heavy atom. The van der Waals surface area contributed by atoms with E-state index < -0.39 is 6.85 Å². The SMILES string of the molecule is [2H]C([2H])([2H])/C(C)=C\CCC(C)CC=O. The molecule has 0 bridgehead atoms. The third-order valence-electron chi connectivity index (χ3n) is 1.61. The van der Waals surface area contributed by atoms with Crippen LogP contribution in [0.25, 0.3) is 0 Å². The van der Waals surface area contributed by atoms with Crippen molar-refractivity contribution in [1.82, 2.24) is 0 Å². The Morgan fingerprint density at radius 3 is 3.00 bits per heavy atom. The van der Waals surface area contributed by atoms with Gasteiger partial charge in [-0.15, -0.1) is 0 Å². The summed E-state index contributed by atoms with van der Waals surface area (Å²) in [5, 5.41) is 0. The average Bonchev–Trinajstić information content (AvgIpc) is 2.02. The maximum Gasteiger partial charge on any atom is 0.120 e. The summed E-state index contributed by atoms with van der Waals surface area (Å²) in [6, 6.07) is 0. The van der Waals surface area contributed by atoms with E-state index in [1.54, 1.807) is 13.0 Å². The van der Waals surface area contributed by atoms with Gasteiger partial charge in [-0.2, -0.15) is 0 Å². The molecule has 1 heteroatoms. The van der Waals surface area contributed by atoms with Crippen molar-refractivity contribution < 1.29 is 8.91 Å². The van der Waals surface area contributed by atoms with Crippen molar-refractivity contribution in [2.75, 3.05) is 0 Å². The van der Waals surface area contributed by atoms with Crippen molar-refractivity contribution in [3.05, 3.63) is 11.6 Å². The molecule has 0 saturated carbocycles. The summed E-state index contributed by atoms with van der Waals surface area (Å²) in [5.74, 6) is 0.341. The van der Waals surface area contributed by atoms with Gasteiger partial charge in [0.25, 0.3) is 0 Å². The van der Waals surface area contributed by atoms with Crippen LogP contribution in [0.15, 0.2) is 11.6 Å². The lowest BCUT2D eigenvalue weighted by Crippen LogP contribution is -1.93. The molecule has 0 spiro atoms. The van der Waals surface area contributed by atoms with Crippen LogP contribution in [0.4, 0.5) is 0 Å². The van der Waals surface area contributed by atoms with E-state index in [0.29, 0.717) is 17.9 Å². The van der Waals surface area contributed by atoms with E-state index in [4.69, 9.17) is 4.11 Å². The fourth-order valence-corrected chi connectivity index (χ4v) is 0.866. The summed E-state index contributed by atoms with van der Waals surface area (Å²) in [4.78, 5) is 10.2. The Kier molecular flexibility index (Phi) is 3.34. The molecule has 0 N–H and O–H groups in total. The van der Waals surface area contributed by atoms with Crippen molar-refractivity contribution in [3.8, 4) is 0 Å². The molecule has 64 valence electrons. The normalized spacial score (nSPS) is 19.8. The highest BCUT2D eigenvalue weighted by Crippen LogP contribution is 2.09. The second-order valence-electron chi connectivity index (χ2n) is 2.97. The van der Waals surface area contributed by atoms with E-state index in [1.807, 2.05) is 6.92 Å². The molecule has 1 nitrogen and oxygen atoms in total. The molecule has 0 saturated heterocycles. The Hall–Kier alpha value is -0.590. The highest BCUT2D eigenvalue weighted by molar-refractivity contribution is 5.49. The molecule has 0 aliphatic carbocycles. The van der Waals surface area contributed by atoms with Gasteiger partial charge in [0.2, 0.25) is 0 Å². The van der Waals surface area contributed by atoms with E-state index in [0.717, 1.165) is 19.1 Å². The minimum atomic E-state index is -1.96. The summed E-state index contributed by atoms with van der Waals surface area (Å²) in [5.41, 5.74) is 0.441. The number of hydrogen-bond donors (Lipinski definition) is 0. The molecule has 0 heterocycles. The van der Waals surface area contributed by atoms with Crippen LogP contribution in [0.5, 0.6) is 0 Å². The van der Waals surface area contributed by atoms with E-state index in [9.17, 15) is 4.79 Å². The van der Waals surface area contributed by atoms with Crippen LogP contribution in [0.3, 0.4) is 0 Å². The highest BCUT2D eigenvalue weighted by atomic mass is 16.1. The van der Waals surface area contributed by atoms with Crippen molar-refractivity contribution in [2.24, 2.45) is 5.92 Å². The molecule has 0 radical (unpaired) electrons. The molecule has 0 aliphatic heterocycles. The van der Waals surface area contributed by atoms with Crippen LogP contribution in [0, 0.1) is 5.92 Å². The first-order chi connectivity index (χ1) is 6.38. The number of hydrogen-bond acceptors (Lipinski definition) is 1. The Labute approximate surface area is 73.7 Å². The third-order valence-corrected chi connectivity index (χ3v) is 1.61. The molecule has 0 amide bonds. The minimum absolute atomic E-state index is 0.341. The Balaban J connectivity index is 3.87. The van der Waals surface area contributed by atoms with Gasteiger partial charge in [-0.05, 0) is 32.5 Å². The number of rotatable bonds is 5. The van der Waals surface area contributed by atoms with Crippen molar-refractivity contribution >= 4 is 6.29 Å². The van der Waals surface area contributed by atoms with E-state index >= 15 is 0 Å². The van der Waals surface area contributed by atoms with Crippen LogP contribution >= 0.6 is 0 Å². The van der Waals surface area contributed by atoms with Gasteiger partial charge in [0.15, 0.2) is 0 Å². The van der Waals surface area contributed by atoms with Gasteiger partial charge < -0.3 is 4.79 Å². The summed E-state index contributed by atoms with van der Waals surface area (Å²) in [6.45, 7) is 1.65. The zero-order valence-electron chi connectivity index (χ0n) is 10.3. The van der Waals surface area contributed by atoms with Crippen LogP contribution < -0.4 is 0 Å². The van der Waals surface area contributed by atoms with E-state index in [-0.39, 0.29) is 0 Å². The van der Waals surface area contributed by atoms with Gasteiger partial charge in [0, 0.05) is 10.5 Å². The standard InChI is InChI=1S/C10H18O/c1-9(2)5-4-6-10(3)7-8-11/h5,8,10H,4,6-7H2,1-3H3/i1D3/b9-5+. The molecule has 1 unspecified atom stereocenters. The number of carbonyl (C=O) groups excluding carboxylic acids is 1. The van der Waals surface area contributed by atoms with Crippen LogP contribution in [-0.2, 0) is 4.79 Å². The summed E-state index contributed by atoms with van der Waals surface area (Å²) >= 11 is 0. The lowest BCUT2D eigenvalue weighted by Gasteiger charge is -2.03. The van der Waals surface area contributed by atoms with Crippen molar-refractivity contribution in [2.45, 2.75) is 40.0 Å². The zero-order chi connectivity index (χ0) is 11.2. The maximum atomic E-state index is 10.2. The summed E-state index contributed by atoms with van der Waals surface area (Å²) < 4.78 is 21.3. The molecule has 1 atom stereocenters. The lowest BCUT2D eigenvalue weighted by molar-refractivity contribution is -0.108. The Bertz CT molecular complexity index is 206. The van der Waals surface area contributed by atoms with Crippen LogP contribution in [-0.4, -0.2) is 6.29 Å². The second kappa shape index (κ2) is 6.14. The minimum Gasteiger partial charge on any atom is -0.303 e. The van der Waals surface area contributed by atoms with Gasteiger partial charge in [-0.25, -0.2) is 0 Å². The number of aldehydes is 1. The molecule has 0 aromatic rings. The molecule has 0 aliphatic rings. The Morgan fingerprint density at radius 1 is 1.73 bits per heavy atom. The maximum absolute atomic E-state index is 10.2. The van der Waals surface area contributed by atoms with Crippen molar-refractivity contribution in [3.63, 3.8) is 0 Å². The monoisotopic (exact) mass is 157 g/mol. The number of carbonyl (C=O) groups is 1. The summed E-state index contributed by atoms with van der Waals surface area (Å²) in [7, 11) is 0. The topological polar surface area (TPSA) is 17.1 Å².